The predicted molar refractivity (Wildman–Crippen MR) is 91.7 cm³/mol. The van der Waals surface area contributed by atoms with E-state index < -0.39 is 0 Å². The molecule has 1 saturated carbocycles. The van der Waals surface area contributed by atoms with Crippen molar-refractivity contribution in [3.63, 3.8) is 0 Å². The van der Waals surface area contributed by atoms with Crippen molar-refractivity contribution in [3.05, 3.63) is 52.0 Å². The minimum atomic E-state index is 0.236. The minimum absolute atomic E-state index is 0.236. The summed E-state index contributed by atoms with van der Waals surface area (Å²) >= 11 is 1.61. The Balaban J connectivity index is 1.35. The third-order valence-electron chi connectivity index (χ3n) is 4.68. The van der Waals surface area contributed by atoms with E-state index in [-0.39, 0.29) is 5.91 Å². The Morgan fingerprint density at radius 1 is 1.17 bits per heavy atom. The van der Waals surface area contributed by atoms with Crippen molar-refractivity contribution in [2.45, 2.75) is 25.3 Å². The van der Waals surface area contributed by atoms with Crippen LogP contribution in [-0.2, 0) is 6.54 Å². The van der Waals surface area contributed by atoms with Crippen molar-refractivity contribution in [1.82, 2.24) is 14.8 Å². The highest BCUT2D eigenvalue weighted by Gasteiger charge is 2.31. The van der Waals surface area contributed by atoms with E-state index >= 15 is 0 Å². The summed E-state index contributed by atoms with van der Waals surface area (Å²) in [6.07, 6.45) is 4.33. The number of carbonyl (C=O) groups is 1. The molecule has 5 heteroatoms. The van der Waals surface area contributed by atoms with Gasteiger partial charge in [0.2, 0.25) is 0 Å². The van der Waals surface area contributed by atoms with Crippen molar-refractivity contribution < 1.29 is 4.79 Å². The molecular formula is C18H21N3OS. The number of hydrogen-bond acceptors (Lipinski definition) is 4. The Morgan fingerprint density at radius 3 is 2.70 bits per heavy atom. The van der Waals surface area contributed by atoms with Gasteiger partial charge in [-0.3, -0.25) is 14.7 Å². The Hall–Kier alpha value is -1.72. The summed E-state index contributed by atoms with van der Waals surface area (Å²) in [5.74, 6) is 0.880. The fraction of sp³-hybridized carbons (Fsp3) is 0.444. The summed E-state index contributed by atoms with van der Waals surface area (Å²) in [6.45, 7) is 4.34. The van der Waals surface area contributed by atoms with E-state index in [0.717, 1.165) is 43.3 Å². The molecule has 4 nitrogen and oxygen atoms in total. The van der Waals surface area contributed by atoms with Crippen molar-refractivity contribution >= 4 is 17.2 Å². The van der Waals surface area contributed by atoms with Crippen molar-refractivity contribution in [1.29, 1.82) is 0 Å². The molecule has 2 aromatic rings. The molecule has 0 atom stereocenters. The fourth-order valence-electron chi connectivity index (χ4n) is 3.18. The number of rotatable bonds is 4. The molecule has 0 unspecified atom stereocenters. The Labute approximate surface area is 140 Å². The molecule has 0 aromatic carbocycles. The maximum absolute atomic E-state index is 12.8. The van der Waals surface area contributed by atoms with Crippen LogP contribution in [0.15, 0.2) is 35.8 Å². The zero-order valence-electron chi connectivity index (χ0n) is 13.1. The van der Waals surface area contributed by atoms with Crippen LogP contribution in [0.25, 0.3) is 0 Å². The van der Waals surface area contributed by atoms with Gasteiger partial charge < -0.3 is 4.90 Å². The lowest BCUT2D eigenvalue weighted by Crippen LogP contribution is -2.48. The normalized spacial score (nSPS) is 19.0. The van der Waals surface area contributed by atoms with Gasteiger partial charge in [-0.2, -0.15) is 0 Å². The van der Waals surface area contributed by atoms with Crippen LogP contribution in [-0.4, -0.2) is 46.9 Å². The minimum Gasteiger partial charge on any atom is -0.335 e. The van der Waals surface area contributed by atoms with E-state index in [9.17, 15) is 4.79 Å². The summed E-state index contributed by atoms with van der Waals surface area (Å²) in [7, 11) is 0. The average Bonchev–Trinajstić information content (AvgIpc) is 3.33. The van der Waals surface area contributed by atoms with Crippen LogP contribution in [0.2, 0.25) is 0 Å². The summed E-state index contributed by atoms with van der Waals surface area (Å²) in [5, 5.41) is 2.07. The highest BCUT2D eigenvalue weighted by atomic mass is 32.1. The monoisotopic (exact) mass is 327 g/mol. The Bertz CT molecular complexity index is 673. The molecule has 120 valence electrons. The number of thiophene rings is 1. The Kier molecular flexibility index (Phi) is 4.14. The molecule has 1 saturated heterocycles. The van der Waals surface area contributed by atoms with Crippen molar-refractivity contribution in [3.8, 4) is 0 Å². The fourth-order valence-corrected chi connectivity index (χ4v) is 4.13. The first-order valence-electron chi connectivity index (χ1n) is 8.30. The van der Waals surface area contributed by atoms with Crippen LogP contribution in [0.5, 0.6) is 0 Å². The van der Waals surface area contributed by atoms with Gasteiger partial charge in [0.05, 0.1) is 10.6 Å². The largest absolute Gasteiger partial charge is 0.335 e. The lowest BCUT2D eigenvalue weighted by atomic mass is 10.1. The van der Waals surface area contributed by atoms with Crippen molar-refractivity contribution in [2.24, 2.45) is 0 Å². The SMILES string of the molecule is O=C(c1sccc1C1CC1)N1CCN(Cc2ccccn2)CC1. The molecule has 2 fully saturated rings. The van der Waals surface area contributed by atoms with Crippen LogP contribution in [0, 0.1) is 0 Å². The molecule has 0 bridgehead atoms. The van der Waals surface area contributed by atoms with Gasteiger partial charge in [-0.1, -0.05) is 6.07 Å². The van der Waals surface area contributed by atoms with Gasteiger partial charge in [-0.05, 0) is 47.9 Å². The van der Waals surface area contributed by atoms with Crippen LogP contribution in [0.1, 0.15) is 39.7 Å². The predicted octanol–water partition coefficient (Wildman–Crippen LogP) is 2.98. The molecule has 0 radical (unpaired) electrons. The van der Waals surface area contributed by atoms with Gasteiger partial charge in [0, 0.05) is 38.9 Å². The van der Waals surface area contributed by atoms with Gasteiger partial charge in [-0.25, -0.2) is 0 Å². The van der Waals surface area contributed by atoms with E-state index in [2.05, 4.69) is 27.4 Å². The topological polar surface area (TPSA) is 36.4 Å². The van der Waals surface area contributed by atoms with Gasteiger partial charge in [-0.15, -0.1) is 11.3 Å². The molecule has 1 aliphatic carbocycles. The van der Waals surface area contributed by atoms with Gasteiger partial charge in [0.15, 0.2) is 0 Å². The summed E-state index contributed by atoms with van der Waals surface area (Å²) in [5.41, 5.74) is 2.39. The molecule has 0 N–H and O–H groups in total. The van der Waals surface area contributed by atoms with E-state index in [4.69, 9.17) is 0 Å². The lowest BCUT2D eigenvalue weighted by Gasteiger charge is -2.34. The first-order valence-corrected chi connectivity index (χ1v) is 9.18. The second-order valence-corrected chi connectivity index (χ2v) is 7.28. The zero-order chi connectivity index (χ0) is 15.6. The average molecular weight is 327 g/mol. The van der Waals surface area contributed by atoms with Gasteiger partial charge in [0.25, 0.3) is 5.91 Å². The third-order valence-corrected chi connectivity index (χ3v) is 5.60. The van der Waals surface area contributed by atoms with Gasteiger partial charge >= 0.3 is 0 Å². The molecule has 3 heterocycles. The third kappa shape index (κ3) is 3.31. The number of nitrogens with zero attached hydrogens (tertiary/aromatic N) is 3. The molecular weight excluding hydrogens is 306 g/mol. The number of carbonyl (C=O) groups excluding carboxylic acids is 1. The van der Waals surface area contributed by atoms with Crippen LogP contribution in [0.3, 0.4) is 0 Å². The first-order chi connectivity index (χ1) is 11.3. The number of aromatic nitrogens is 1. The van der Waals surface area contributed by atoms with E-state index in [1.165, 1.54) is 18.4 Å². The van der Waals surface area contributed by atoms with Crippen LogP contribution < -0.4 is 0 Å². The highest BCUT2D eigenvalue weighted by Crippen LogP contribution is 2.43. The first kappa shape index (κ1) is 14.8. The molecule has 23 heavy (non-hydrogen) atoms. The molecule has 1 amide bonds. The summed E-state index contributed by atoms with van der Waals surface area (Å²) in [4.78, 5) is 22.5. The second kappa shape index (κ2) is 6.42. The van der Waals surface area contributed by atoms with E-state index in [1.54, 1.807) is 11.3 Å². The maximum atomic E-state index is 12.8. The molecule has 1 aliphatic heterocycles. The lowest BCUT2D eigenvalue weighted by molar-refractivity contribution is 0.0631. The van der Waals surface area contributed by atoms with E-state index in [0.29, 0.717) is 5.92 Å². The molecule has 2 aromatic heterocycles. The molecule has 0 spiro atoms. The highest BCUT2D eigenvalue weighted by molar-refractivity contribution is 7.12. The number of hydrogen-bond donors (Lipinski definition) is 0. The Morgan fingerprint density at radius 2 is 2.00 bits per heavy atom. The zero-order valence-corrected chi connectivity index (χ0v) is 14.0. The van der Waals surface area contributed by atoms with E-state index in [1.807, 2.05) is 23.2 Å². The van der Waals surface area contributed by atoms with Crippen molar-refractivity contribution in [2.75, 3.05) is 26.2 Å². The maximum Gasteiger partial charge on any atom is 0.264 e. The number of piperazine rings is 1. The number of pyridine rings is 1. The summed E-state index contributed by atoms with van der Waals surface area (Å²) < 4.78 is 0. The summed E-state index contributed by atoms with van der Waals surface area (Å²) in [6, 6.07) is 8.18. The van der Waals surface area contributed by atoms with Crippen LogP contribution >= 0.6 is 11.3 Å². The smallest absolute Gasteiger partial charge is 0.264 e. The number of amides is 1. The second-order valence-electron chi connectivity index (χ2n) is 6.37. The van der Waals surface area contributed by atoms with Gasteiger partial charge in [0.1, 0.15) is 0 Å². The van der Waals surface area contributed by atoms with Crippen LogP contribution in [0.4, 0.5) is 0 Å². The molecule has 2 aliphatic rings. The standard InChI is InChI=1S/C18H21N3OS/c22-18(17-16(6-12-23-17)14-4-5-14)21-10-8-20(9-11-21)13-15-3-1-2-7-19-15/h1-3,6-7,12,14H,4-5,8-11,13H2. The quantitative estimate of drug-likeness (QED) is 0.866. The molecule has 4 rings (SSSR count).